The van der Waals surface area contributed by atoms with Gasteiger partial charge >= 0.3 is 0 Å². The Bertz CT molecular complexity index is 547. The van der Waals surface area contributed by atoms with E-state index in [9.17, 15) is 0 Å². The Labute approximate surface area is 113 Å². The SMILES string of the molecule is CC(NC1CCCc2c1cnn2C)c1ccccn1. The smallest absolute Gasteiger partial charge is 0.0570 e. The highest BCUT2D eigenvalue weighted by Gasteiger charge is 2.24. The van der Waals surface area contributed by atoms with Crippen molar-refractivity contribution >= 4 is 0 Å². The molecule has 2 aromatic heterocycles. The van der Waals surface area contributed by atoms with Gasteiger partial charge in [0.2, 0.25) is 0 Å². The highest BCUT2D eigenvalue weighted by Crippen LogP contribution is 2.30. The molecule has 19 heavy (non-hydrogen) atoms. The lowest BCUT2D eigenvalue weighted by atomic mass is 9.92. The summed E-state index contributed by atoms with van der Waals surface area (Å²) >= 11 is 0. The normalized spacial score (nSPS) is 20.0. The Kier molecular flexibility index (Phi) is 3.34. The maximum absolute atomic E-state index is 4.42. The predicted molar refractivity (Wildman–Crippen MR) is 74.7 cm³/mol. The molecule has 2 aromatic rings. The maximum atomic E-state index is 4.42. The second-order valence-corrected chi connectivity index (χ2v) is 5.26. The topological polar surface area (TPSA) is 42.7 Å². The van der Waals surface area contributed by atoms with Gasteiger partial charge in [0.15, 0.2) is 0 Å². The number of nitrogens with one attached hydrogen (secondary N) is 1. The molecule has 0 bridgehead atoms. The number of hydrogen-bond acceptors (Lipinski definition) is 3. The molecule has 4 nitrogen and oxygen atoms in total. The van der Waals surface area contributed by atoms with Crippen LogP contribution in [0.5, 0.6) is 0 Å². The van der Waals surface area contributed by atoms with Gasteiger partial charge in [-0.15, -0.1) is 0 Å². The van der Waals surface area contributed by atoms with Crippen LogP contribution in [-0.4, -0.2) is 14.8 Å². The molecule has 0 saturated carbocycles. The van der Waals surface area contributed by atoms with Gasteiger partial charge in [0.1, 0.15) is 0 Å². The molecule has 0 fully saturated rings. The molecule has 0 saturated heterocycles. The van der Waals surface area contributed by atoms with E-state index in [0.717, 1.165) is 12.1 Å². The van der Waals surface area contributed by atoms with Crippen molar-refractivity contribution < 1.29 is 0 Å². The monoisotopic (exact) mass is 256 g/mol. The average Bonchev–Trinajstić information content (AvgIpc) is 2.83. The average molecular weight is 256 g/mol. The third-order valence-corrected chi connectivity index (χ3v) is 3.96. The minimum Gasteiger partial charge on any atom is -0.302 e. The van der Waals surface area contributed by atoms with Gasteiger partial charge in [-0.05, 0) is 38.3 Å². The zero-order chi connectivity index (χ0) is 13.2. The fraction of sp³-hybridized carbons (Fsp3) is 0.467. The Morgan fingerprint density at radius 3 is 3.11 bits per heavy atom. The quantitative estimate of drug-likeness (QED) is 0.917. The highest BCUT2D eigenvalue weighted by atomic mass is 15.3. The van der Waals surface area contributed by atoms with Crippen LogP contribution in [-0.2, 0) is 13.5 Å². The van der Waals surface area contributed by atoms with Crippen LogP contribution in [0.1, 0.15) is 48.8 Å². The summed E-state index contributed by atoms with van der Waals surface area (Å²) in [7, 11) is 2.03. The van der Waals surface area contributed by atoms with Crippen LogP contribution >= 0.6 is 0 Å². The van der Waals surface area contributed by atoms with Crippen molar-refractivity contribution in [3.63, 3.8) is 0 Å². The van der Waals surface area contributed by atoms with Crippen LogP contribution < -0.4 is 5.32 Å². The lowest BCUT2D eigenvalue weighted by molar-refractivity contribution is 0.407. The van der Waals surface area contributed by atoms with Crippen molar-refractivity contribution in [2.45, 2.75) is 38.3 Å². The molecule has 2 heterocycles. The number of fused-ring (bicyclic) bond motifs is 1. The molecule has 1 aliphatic rings. The molecule has 0 amide bonds. The fourth-order valence-corrected chi connectivity index (χ4v) is 2.90. The Morgan fingerprint density at radius 2 is 2.32 bits per heavy atom. The van der Waals surface area contributed by atoms with Crippen LogP contribution in [0, 0.1) is 0 Å². The molecule has 0 radical (unpaired) electrons. The molecule has 0 spiro atoms. The summed E-state index contributed by atoms with van der Waals surface area (Å²) in [6, 6.07) is 6.73. The molecule has 2 unspecified atom stereocenters. The minimum atomic E-state index is 0.261. The molecule has 1 N–H and O–H groups in total. The van der Waals surface area contributed by atoms with Gasteiger partial charge in [-0.25, -0.2) is 0 Å². The molecule has 1 aliphatic carbocycles. The largest absolute Gasteiger partial charge is 0.302 e. The fourth-order valence-electron chi connectivity index (χ4n) is 2.90. The molecule has 4 heteroatoms. The van der Waals surface area contributed by atoms with Crippen LogP contribution in [0.4, 0.5) is 0 Å². The number of nitrogens with zero attached hydrogens (tertiary/aromatic N) is 3. The zero-order valence-corrected chi connectivity index (χ0v) is 11.5. The Hall–Kier alpha value is -1.68. The summed E-state index contributed by atoms with van der Waals surface area (Å²) in [6.07, 6.45) is 7.40. The van der Waals surface area contributed by atoms with Crippen molar-refractivity contribution in [3.05, 3.63) is 47.5 Å². The zero-order valence-electron chi connectivity index (χ0n) is 11.5. The third kappa shape index (κ3) is 2.40. The van der Waals surface area contributed by atoms with Crippen LogP contribution in [0.2, 0.25) is 0 Å². The van der Waals surface area contributed by atoms with E-state index in [4.69, 9.17) is 0 Å². The standard InChI is InChI=1S/C15H20N4/c1-11(13-6-3-4-9-16-13)18-14-7-5-8-15-12(14)10-17-19(15)2/h3-4,6,9-11,14,18H,5,7-8H2,1-2H3. The van der Waals surface area contributed by atoms with Crippen LogP contribution in [0.15, 0.2) is 30.6 Å². The van der Waals surface area contributed by atoms with Crippen LogP contribution in [0.3, 0.4) is 0 Å². The van der Waals surface area contributed by atoms with Gasteiger partial charge in [0.25, 0.3) is 0 Å². The second kappa shape index (κ2) is 5.13. The van der Waals surface area contributed by atoms with Crippen LogP contribution in [0.25, 0.3) is 0 Å². The van der Waals surface area contributed by atoms with Crippen molar-refractivity contribution in [2.75, 3.05) is 0 Å². The number of pyridine rings is 1. The minimum absolute atomic E-state index is 0.261. The summed E-state index contributed by atoms with van der Waals surface area (Å²) in [5, 5.41) is 8.08. The van der Waals surface area contributed by atoms with Crippen molar-refractivity contribution in [1.29, 1.82) is 0 Å². The third-order valence-electron chi connectivity index (χ3n) is 3.96. The summed E-state index contributed by atoms with van der Waals surface area (Å²) in [5.41, 5.74) is 3.83. The van der Waals surface area contributed by atoms with E-state index >= 15 is 0 Å². The van der Waals surface area contributed by atoms with E-state index in [1.165, 1.54) is 24.1 Å². The van der Waals surface area contributed by atoms with Gasteiger partial charge < -0.3 is 5.32 Å². The second-order valence-electron chi connectivity index (χ2n) is 5.26. The Morgan fingerprint density at radius 1 is 1.42 bits per heavy atom. The summed E-state index contributed by atoms with van der Waals surface area (Å²) in [5.74, 6) is 0. The first-order valence-corrected chi connectivity index (χ1v) is 6.93. The first-order chi connectivity index (χ1) is 9.25. The number of aryl methyl sites for hydroxylation is 1. The van der Waals surface area contributed by atoms with Gasteiger partial charge in [0, 0.05) is 36.6 Å². The lowest BCUT2D eigenvalue weighted by Crippen LogP contribution is -2.28. The first-order valence-electron chi connectivity index (χ1n) is 6.93. The molecule has 3 rings (SSSR count). The summed E-state index contributed by atoms with van der Waals surface area (Å²) in [4.78, 5) is 4.42. The number of aromatic nitrogens is 3. The van der Waals surface area contributed by atoms with E-state index in [-0.39, 0.29) is 6.04 Å². The van der Waals surface area contributed by atoms with Gasteiger partial charge in [-0.1, -0.05) is 6.07 Å². The molecular weight excluding hydrogens is 236 g/mol. The molecular formula is C15H20N4. The molecule has 0 aromatic carbocycles. The van der Waals surface area contributed by atoms with E-state index in [0.29, 0.717) is 6.04 Å². The van der Waals surface area contributed by atoms with Gasteiger partial charge in [0.05, 0.1) is 11.9 Å². The van der Waals surface area contributed by atoms with Gasteiger partial charge in [-0.2, -0.15) is 5.10 Å². The first kappa shape index (κ1) is 12.4. The van der Waals surface area contributed by atoms with E-state index < -0.39 is 0 Å². The Balaban J connectivity index is 1.78. The molecule has 2 atom stereocenters. The number of rotatable bonds is 3. The van der Waals surface area contributed by atoms with Gasteiger partial charge in [-0.3, -0.25) is 9.67 Å². The molecule has 0 aliphatic heterocycles. The lowest BCUT2D eigenvalue weighted by Gasteiger charge is -2.27. The predicted octanol–water partition coefficient (Wildman–Crippen LogP) is 2.54. The summed E-state index contributed by atoms with van der Waals surface area (Å²) < 4.78 is 2.01. The van der Waals surface area contributed by atoms with Crippen molar-refractivity contribution in [1.82, 2.24) is 20.1 Å². The van der Waals surface area contributed by atoms with Crippen molar-refractivity contribution in [3.8, 4) is 0 Å². The van der Waals surface area contributed by atoms with E-state index in [2.05, 4.69) is 28.4 Å². The van der Waals surface area contributed by atoms with Crippen molar-refractivity contribution in [2.24, 2.45) is 7.05 Å². The van der Waals surface area contributed by atoms with E-state index in [1.807, 2.05) is 36.3 Å². The summed E-state index contributed by atoms with van der Waals surface area (Å²) in [6.45, 7) is 2.17. The highest BCUT2D eigenvalue weighted by molar-refractivity contribution is 5.25. The van der Waals surface area contributed by atoms with E-state index in [1.54, 1.807) is 0 Å². The maximum Gasteiger partial charge on any atom is 0.0570 e. The number of hydrogen-bond donors (Lipinski definition) is 1. The molecule has 100 valence electrons.